The van der Waals surface area contributed by atoms with Gasteiger partial charge in [-0.05, 0) is 38.0 Å². The molecule has 0 aliphatic rings. The summed E-state index contributed by atoms with van der Waals surface area (Å²) in [5, 5.41) is 0. The second-order valence-corrected chi connectivity index (χ2v) is 9.85. The first kappa shape index (κ1) is 25.3. The molecule has 5 rings (SSSR count). The molecule has 0 saturated heterocycles. The van der Waals surface area contributed by atoms with Crippen LogP contribution in [0.2, 0.25) is 0 Å². The van der Waals surface area contributed by atoms with Crippen LogP contribution < -0.4 is 4.74 Å². The highest BCUT2D eigenvalue weighted by Crippen LogP contribution is 2.30. The van der Waals surface area contributed by atoms with E-state index in [0.29, 0.717) is 36.5 Å². The fraction of sp³-hybridized carbons (Fsp3) is 0.258. The minimum Gasteiger partial charge on any atom is -0.469 e. The Morgan fingerprint density at radius 3 is 2.34 bits per heavy atom. The molecule has 0 bridgehead atoms. The number of carbonyl (C=O) groups is 1. The van der Waals surface area contributed by atoms with E-state index in [9.17, 15) is 4.79 Å². The van der Waals surface area contributed by atoms with Gasteiger partial charge in [0, 0.05) is 18.2 Å². The molecule has 5 aromatic rings. The van der Waals surface area contributed by atoms with Gasteiger partial charge in [-0.15, -0.1) is 0 Å². The summed E-state index contributed by atoms with van der Waals surface area (Å²) in [6.07, 6.45) is 5.24. The molecule has 7 heteroatoms. The summed E-state index contributed by atoms with van der Waals surface area (Å²) >= 11 is 0. The molecule has 0 radical (unpaired) electrons. The smallest absolute Gasteiger partial charge is 0.314 e. The molecule has 0 saturated carbocycles. The summed E-state index contributed by atoms with van der Waals surface area (Å²) in [7, 11) is 0. The van der Waals surface area contributed by atoms with Crippen LogP contribution in [0.5, 0.6) is 5.88 Å². The third-order valence-corrected chi connectivity index (χ3v) is 6.73. The van der Waals surface area contributed by atoms with Crippen molar-refractivity contribution < 1.29 is 18.7 Å². The van der Waals surface area contributed by atoms with Crippen LogP contribution in [0, 0.1) is 5.41 Å². The zero-order chi connectivity index (χ0) is 26.5. The van der Waals surface area contributed by atoms with E-state index in [1.165, 1.54) is 0 Å². The predicted octanol–water partition coefficient (Wildman–Crippen LogP) is 6.49. The molecule has 0 aliphatic heterocycles. The zero-order valence-corrected chi connectivity index (χ0v) is 21.9. The monoisotopic (exact) mass is 509 g/mol. The number of benzene rings is 2. The fourth-order valence-corrected chi connectivity index (χ4v) is 4.12. The third kappa shape index (κ3) is 5.47. The maximum Gasteiger partial charge on any atom is 0.314 e. The lowest BCUT2D eigenvalue weighted by molar-refractivity contribution is -0.161. The topological polar surface area (TPSA) is 78.9 Å². The Bertz CT molecular complexity index is 1510. The Hall–Kier alpha value is -4.39. The standard InChI is InChI=1S/C31H31N3O4/c1-4-31(2,3)30(35)38-21-37-29-26(19-24-16-11-17-36-24)33-28-25(18-22-12-7-5-8-13-22)32-27(20-34(28)29)23-14-9-6-10-15-23/h5-17,20H,4,18-19,21H2,1-3H3. The van der Waals surface area contributed by atoms with E-state index < -0.39 is 5.41 Å². The second-order valence-electron chi connectivity index (χ2n) is 9.85. The first-order valence-electron chi connectivity index (χ1n) is 12.8. The van der Waals surface area contributed by atoms with E-state index in [1.54, 1.807) is 6.26 Å². The van der Waals surface area contributed by atoms with Gasteiger partial charge in [0.15, 0.2) is 5.65 Å². The molecular formula is C31H31N3O4. The lowest BCUT2D eigenvalue weighted by Crippen LogP contribution is -2.27. The molecule has 0 N–H and O–H groups in total. The van der Waals surface area contributed by atoms with Gasteiger partial charge in [-0.2, -0.15) is 0 Å². The SMILES string of the molecule is CCC(C)(C)C(=O)OCOc1c(Cc2ccco2)nc2c(Cc3ccccc3)nc(-c3ccccc3)cn12. The van der Waals surface area contributed by atoms with Crippen molar-refractivity contribution in [3.63, 3.8) is 0 Å². The van der Waals surface area contributed by atoms with Crippen molar-refractivity contribution in [2.45, 2.75) is 40.0 Å². The molecule has 0 unspecified atom stereocenters. The number of esters is 1. The van der Waals surface area contributed by atoms with Crippen LogP contribution in [-0.4, -0.2) is 27.1 Å². The molecule has 0 spiro atoms. The minimum absolute atomic E-state index is 0.224. The van der Waals surface area contributed by atoms with Crippen LogP contribution >= 0.6 is 0 Å². The maximum absolute atomic E-state index is 12.6. The normalized spacial score (nSPS) is 11.6. The Morgan fingerprint density at radius 1 is 0.921 bits per heavy atom. The quantitative estimate of drug-likeness (QED) is 0.158. The highest BCUT2D eigenvalue weighted by molar-refractivity contribution is 5.75. The molecule has 194 valence electrons. The van der Waals surface area contributed by atoms with Gasteiger partial charge in [0.2, 0.25) is 12.7 Å². The summed E-state index contributed by atoms with van der Waals surface area (Å²) in [5.41, 5.74) is 4.48. The molecule has 3 heterocycles. The number of hydrogen-bond acceptors (Lipinski definition) is 6. The number of ether oxygens (including phenoxy) is 2. The number of carbonyl (C=O) groups excluding carboxylic acids is 1. The van der Waals surface area contributed by atoms with E-state index in [0.717, 1.165) is 28.3 Å². The molecule has 0 aliphatic carbocycles. The first-order valence-corrected chi connectivity index (χ1v) is 12.8. The van der Waals surface area contributed by atoms with Gasteiger partial charge in [0.1, 0.15) is 11.5 Å². The van der Waals surface area contributed by atoms with Gasteiger partial charge >= 0.3 is 5.97 Å². The van der Waals surface area contributed by atoms with Gasteiger partial charge in [-0.3, -0.25) is 9.20 Å². The van der Waals surface area contributed by atoms with Crippen molar-refractivity contribution in [1.29, 1.82) is 0 Å². The van der Waals surface area contributed by atoms with E-state index in [4.69, 9.17) is 23.9 Å². The number of aromatic nitrogens is 3. The molecular weight excluding hydrogens is 478 g/mol. The molecule has 0 amide bonds. The van der Waals surface area contributed by atoms with Crippen molar-refractivity contribution in [2.75, 3.05) is 6.79 Å². The summed E-state index contributed by atoms with van der Waals surface area (Å²) in [6.45, 7) is 5.46. The van der Waals surface area contributed by atoms with E-state index in [1.807, 2.05) is 92.0 Å². The highest BCUT2D eigenvalue weighted by atomic mass is 16.7. The van der Waals surface area contributed by atoms with E-state index >= 15 is 0 Å². The molecule has 7 nitrogen and oxygen atoms in total. The lowest BCUT2D eigenvalue weighted by Gasteiger charge is -2.20. The number of imidazole rings is 1. The third-order valence-electron chi connectivity index (χ3n) is 6.73. The highest BCUT2D eigenvalue weighted by Gasteiger charge is 2.28. The molecule has 2 aromatic carbocycles. The van der Waals surface area contributed by atoms with Gasteiger partial charge in [0.25, 0.3) is 0 Å². The molecule has 3 aromatic heterocycles. The Kier molecular flexibility index (Phi) is 7.26. The van der Waals surface area contributed by atoms with Gasteiger partial charge in [-0.1, -0.05) is 67.6 Å². The van der Waals surface area contributed by atoms with Gasteiger partial charge in [0.05, 0.1) is 29.5 Å². The number of nitrogens with zero attached hydrogens (tertiary/aromatic N) is 3. The van der Waals surface area contributed by atoms with Crippen molar-refractivity contribution in [3.05, 3.63) is 108 Å². The van der Waals surface area contributed by atoms with E-state index in [2.05, 4.69) is 12.1 Å². The van der Waals surface area contributed by atoms with Gasteiger partial charge in [-0.25, -0.2) is 9.97 Å². The minimum atomic E-state index is -0.590. The molecule has 0 fully saturated rings. The summed E-state index contributed by atoms with van der Waals surface area (Å²) in [6, 6.07) is 23.9. The largest absolute Gasteiger partial charge is 0.469 e. The van der Waals surface area contributed by atoms with Gasteiger partial charge < -0.3 is 13.9 Å². The number of rotatable bonds is 10. The zero-order valence-electron chi connectivity index (χ0n) is 21.9. The van der Waals surface area contributed by atoms with Crippen molar-refractivity contribution >= 4 is 11.6 Å². The summed E-state index contributed by atoms with van der Waals surface area (Å²) < 4.78 is 19.2. The lowest BCUT2D eigenvalue weighted by atomic mass is 9.91. The maximum atomic E-state index is 12.6. The first-order chi connectivity index (χ1) is 18.4. The number of hydrogen-bond donors (Lipinski definition) is 0. The average Bonchev–Trinajstić information content (AvgIpc) is 3.58. The number of fused-ring (bicyclic) bond motifs is 1. The Balaban J connectivity index is 1.59. The van der Waals surface area contributed by atoms with E-state index in [-0.39, 0.29) is 12.8 Å². The second kappa shape index (κ2) is 10.9. The molecule has 0 atom stereocenters. The summed E-state index contributed by atoms with van der Waals surface area (Å²) in [4.78, 5) is 22.6. The Morgan fingerprint density at radius 2 is 1.66 bits per heavy atom. The van der Waals surface area contributed by atoms with Crippen LogP contribution in [0.1, 0.15) is 49.9 Å². The van der Waals surface area contributed by atoms with Crippen molar-refractivity contribution in [1.82, 2.24) is 14.4 Å². The predicted molar refractivity (Wildman–Crippen MR) is 145 cm³/mol. The van der Waals surface area contributed by atoms with Crippen LogP contribution in [-0.2, 0) is 22.4 Å². The van der Waals surface area contributed by atoms with Crippen LogP contribution in [0.3, 0.4) is 0 Å². The Labute approximate surface area is 222 Å². The van der Waals surface area contributed by atoms with Crippen LogP contribution in [0.4, 0.5) is 0 Å². The number of furan rings is 1. The van der Waals surface area contributed by atoms with Crippen LogP contribution in [0.15, 0.2) is 89.7 Å². The van der Waals surface area contributed by atoms with Crippen molar-refractivity contribution in [2.24, 2.45) is 5.41 Å². The average molecular weight is 510 g/mol. The molecule has 38 heavy (non-hydrogen) atoms. The van der Waals surface area contributed by atoms with Crippen molar-refractivity contribution in [3.8, 4) is 17.1 Å². The van der Waals surface area contributed by atoms with Crippen LogP contribution in [0.25, 0.3) is 16.9 Å². The fourth-order valence-electron chi connectivity index (χ4n) is 4.12. The summed E-state index contributed by atoms with van der Waals surface area (Å²) in [5.74, 6) is 0.938.